The second-order valence-electron chi connectivity index (χ2n) is 9.75. The number of anilines is 1. The molecule has 2 atom stereocenters. The minimum absolute atomic E-state index is 0.0276. The number of ether oxygens (including phenoxy) is 1. The Kier molecular flexibility index (Phi) is 8.42. The van der Waals surface area contributed by atoms with Crippen LogP contribution in [0.15, 0.2) is 24.3 Å². The maximum absolute atomic E-state index is 16.2. The molecule has 8 nitrogen and oxygen atoms in total. The van der Waals surface area contributed by atoms with Gasteiger partial charge in [-0.25, -0.2) is 8.78 Å². The van der Waals surface area contributed by atoms with Crippen molar-refractivity contribution in [3.8, 4) is 17.1 Å². The Morgan fingerprint density at radius 1 is 1.13 bits per heavy atom. The number of piperazine rings is 1. The van der Waals surface area contributed by atoms with Crippen LogP contribution in [0, 0.1) is 11.6 Å². The van der Waals surface area contributed by atoms with Crippen molar-refractivity contribution in [1.29, 1.82) is 0 Å². The number of hydrogen-bond donors (Lipinski definition) is 0. The minimum Gasteiger partial charge on any atom is -0.463 e. The number of rotatable bonds is 9. The molecule has 0 saturated carbocycles. The van der Waals surface area contributed by atoms with Crippen molar-refractivity contribution in [2.24, 2.45) is 0 Å². The van der Waals surface area contributed by atoms with E-state index >= 15 is 4.39 Å². The molecule has 1 aromatic heterocycles. The van der Waals surface area contributed by atoms with Crippen LogP contribution in [-0.2, 0) is 4.79 Å². The monoisotopic (exact) mass is 545 g/mol. The zero-order valence-corrected chi connectivity index (χ0v) is 22.5. The first-order valence-electron chi connectivity index (χ1n) is 12.3. The molecule has 38 heavy (non-hydrogen) atoms. The molecule has 1 fully saturated rings. The molecule has 0 unspecified atom stereocenters. The fourth-order valence-corrected chi connectivity index (χ4v) is 5.00. The van der Waals surface area contributed by atoms with Gasteiger partial charge in [-0.3, -0.25) is 9.59 Å². The van der Waals surface area contributed by atoms with Crippen LogP contribution in [0.3, 0.4) is 0 Å². The van der Waals surface area contributed by atoms with E-state index in [2.05, 4.69) is 9.97 Å². The fraction of sp³-hybridized carbons (Fsp3) is 0.407. The number of carbonyl (C=O) groups is 2. The third kappa shape index (κ3) is 5.42. The molecule has 1 saturated heterocycles. The molecule has 1 aliphatic heterocycles. The third-order valence-electron chi connectivity index (χ3n) is 6.69. The van der Waals surface area contributed by atoms with Gasteiger partial charge in [-0.2, -0.15) is 9.97 Å². The molecule has 1 aliphatic rings. The summed E-state index contributed by atoms with van der Waals surface area (Å²) in [6, 6.07) is 5.10. The van der Waals surface area contributed by atoms with Gasteiger partial charge in [-0.05, 0) is 46.5 Å². The van der Waals surface area contributed by atoms with Crippen molar-refractivity contribution in [2.75, 3.05) is 45.2 Å². The number of aldehydes is 1. The van der Waals surface area contributed by atoms with Crippen LogP contribution >= 0.6 is 11.6 Å². The molecule has 2 aromatic carbocycles. The minimum atomic E-state index is -0.880. The quantitative estimate of drug-likeness (QED) is 0.291. The zero-order valence-electron chi connectivity index (χ0n) is 21.7. The predicted octanol–water partition coefficient (Wildman–Crippen LogP) is 4.43. The summed E-state index contributed by atoms with van der Waals surface area (Å²) in [7, 11) is 3.90. The van der Waals surface area contributed by atoms with E-state index in [4.69, 9.17) is 16.3 Å². The Morgan fingerprint density at radius 3 is 2.58 bits per heavy atom. The lowest BCUT2D eigenvalue weighted by Crippen LogP contribution is -2.56. The lowest BCUT2D eigenvalue weighted by Gasteiger charge is -2.43. The van der Waals surface area contributed by atoms with Crippen LogP contribution in [0.1, 0.15) is 30.6 Å². The number of halogens is 3. The molecule has 0 N–H and O–H groups in total. The number of fused-ring (bicyclic) bond motifs is 1. The molecule has 0 bridgehead atoms. The molecule has 202 valence electrons. The Bertz CT molecular complexity index is 1360. The van der Waals surface area contributed by atoms with Crippen LogP contribution in [0.5, 0.6) is 6.01 Å². The van der Waals surface area contributed by atoms with E-state index in [0.717, 1.165) is 19.0 Å². The summed E-state index contributed by atoms with van der Waals surface area (Å²) in [5, 5.41) is 0.236. The van der Waals surface area contributed by atoms with Crippen LogP contribution in [0.25, 0.3) is 22.0 Å². The number of nitrogens with zero attached hydrogens (tertiary/aromatic N) is 5. The van der Waals surface area contributed by atoms with Gasteiger partial charge in [0.1, 0.15) is 17.2 Å². The molecule has 0 radical (unpaired) electrons. The Labute approximate surface area is 225 Å². The fourth-order valence-electron chi connectivity index (χ4n) is 4.71. The molecule has 11 heteroatoms. The van der Waals surface area contributed by atoms with Gasteiger partial charge in [-0.15, -0.1) is 0 Å². The normalized spacial score (nSPS) is 17.8. The van der Waals surface area contributed by atoms with Crippen LogP contribution < -0.4 is 9.64 Å². The Hall–Kier alpha value is -3.37. The highest BCUT2D eigenvalue weighted by atomic mass is 35.5. The predicted molar refractivity (Wildman–Crippen MR) is 143 cm³/mol. The van der Waals surface area contributed by atoms with Gasteiger partial charge in [0.15, 0.2) is 12.1 Å². The first-order valence-corrected chi connectivity index (χ1v) is 12.7. The van der Waals surface area contributed by atoms with Gasteiger partial charge >= 0.3 is 6.01 Å². The first-order chi connectivity index (χ1) is 18.2. The van der Waals surface area contributed by atoms with Crippen molar-refractivity contribution in [2.45, 2.75) is 32.4 Å². The van der Waals surface area contributed by atoms with Crippen molar-refractivity contribution in [1.82, 2.24) is 19.8 Å². The number of benzene rings is 2. The second-order valence-corrected chi connectivity index (χ2v) is 10.2. The average Bonchev–Trinajstić information content (AvgIpc) is 2.88. The van der Waals surface area contributed by atoms with Gasteiger partial charge in [0, 0.05) is 53.8 Å². The molecule has 4 rings (SSSR count). The van der Waals surface area contributed by atoms with Crippen molar-refractivity contribution in [3.63, 3.8) is 0 Å². The molecule has 0 spiro atoms. The van der Waals surface area contributed by atoms with E-state index in [1.165, 1.54) is 18.2 Å². The number of hydrogen-bond acceptors (Lipinski definition) is 7. The lowest BCUT2D eigenvalue weighted by molar-refractivity contribution is -0.120. The highest BCUT2D eigenvalue weighted by Gasteiger charge is 2.32. The van der Waals surface area contributed by atoms with Gasteiger partial charge in [0.05, 0.1) is 11.6 Å². The van der Waals surface area contributed by atoms with Crippen LogP contribution in [0.2, 0.25) is 5.02 Å². The van der Waals surface area contributed by atoms with E-state index in [1.54, 1.807) is 4.90 Å². The lowest BCUT2D eigenvalue weighted by atomic mass is 9.97. The number of carbonyl (C=O) groups excluding carboxylic acids is 2. The van der Waals surface area contributed by atoms with Gasteiger partial charge in [0.25, 0.3) is 0 Å². The summed E-state index contributed by atoms with van der Waals surface area (Å²) in [5.41, 5.74) is -0.626. The van der Waals surface area contributed by atoms with Crippen molar-refractivity contribution in [3.05, 3.63) is 46.5 Å². The van der Waals surface area contributed by atoms with Gasteiger partial charge in [0.2, 0.25) is 6.41 Å². The highest BCUT2D eigenvalue weighted by molar-refractivity contribution is 6.34. The summed E-state index contributed by atoms with van der Waals surface area (Å²) in [6.07, 6.45) is 1.97. The van der Waals surface area contributed by atoms with E-state index in [1.807, 2.05) is 37.7 Å². The summed E-state index contributed by atoms with van der Waals surface area (Å²) in [4.78, 5) is 37.8. The van der Waals surface area contributed by atoms with E-state index < -0.39 is 11.6 Å². The first kappa shape index (κ1) is 27.7. The molecule has 3 aromatic rings. The summed E-state index contributed by atoms with van der Waals surface area (Å²) in [6.45, 7) is 5.82. The molecule has 1 amide bonds. The number of amides is 1. The van der Waals surface area contributed by atoms with Crippen LogP contribution in [0.4, 0.5) is 14.6 Å². The van der Waals surface area contributed by atoms with E-state index in [9.17, 15) is 14.0 Å². The maximum Gasteiger partial charge on any atom is 0.319 e. The number of aromatic nitrogens is 2. The standard InChI is InChI=1S/C27H30ClF2N5O3/c1-16-13-35(17(2)12-34(16)15-37)26-19-11-20(28)23(22-18(14-36)7-5-8-21(22)29)24(30)25(19)31-27(32-26)38-10-6-9-33(3)4/h5,7-8,11,14-17H,6,9-10,12-13H2,1-4H3/t16-,17+/m1/s1. The summed E-state index contributed by atoms with van der Waals surface area (Å²) >= 11 is 6.55. The van der Waals surface area contributed by atoms with E-state index in [0.29, 0.717) is 43.6 Å². The molecule has 2 heterocycles. The van der Waals surface area contributed by atoms with Crippen LogP contribution in [-0.4, -0.2) is 84.9 Å². The third-order valence-corrected chi connectivity index (χ3v) is 6.99. The second kappa shape index (κ2) is 11.6. The van der Waals surface area contributed by atoms with Gasteiger partial charge < -0.3 is 19.4 Å². The highest BCUT2D eigenvalue weighted by Crippen LogP contribution is 2.41. The largest absolute Gasteiger partial charge is 0.463 e. The van der Waals surface area contributed by atoms with Crippen molar-refractivity contribution < 1.29 is 23.1 Å². The molecule has 0 aliphatic carbocycles. The van der Waals surface area contributed by atoms with E-state index in [-0.39, 0.29) is 45.3 Å². The topological polar surface area (TPSA) is 78.9 Å². The SMILES string of the molecule is C[C@@H]1CN(c2nc(OCCCN(C)C)nc3c(F)c(-c4c(F)cccc4C=O)c(Cl)cc23)[C@@H](C)CN1C=O. The maximum atomic E-state index is 16.2. The Morgan fingerprint density at radius 2 is 1.89 bits per heavy atom. The molecular weight excluding hydrogens is 516 g/mol. The average molecular weight is 546 g/mol. The molecular formula is C27H30ClF2N5O3. The zero-order chi connectivity index (χ0) is 27.6. The summed E-state index contributed by atoms with van der Waals surface area (Å²) in [5.74, 6) is -1.26. The summed E-state index contributed by atoms with van der Waals surface area (Å²) < 4.78 is 36.9. The van der Waals surface area contributed by atoms with Gasteiger partial charge in [-0.1, -0.05) is 23.7 Å². The Balaban J connectivity index is 1.90. The van der Waals surface area contributed by atoms with Crippen molar-refractivity contribution >= 4 is 41.0 Å². The smallest absolute Gasteiger partial charge is 0.319 e.